The molecule has 1 rings (SSSR count). The van der Waals surface area contributed by atoms with Crippen molar-refractivity contribution in [3.8, 4) is 0 Å². The van der Waals surface area contributed by atoms with Crippen LogP contribution in [-0.2, 0) is 9.59 Å². The van der Waals surface area contributed by atoms with Gasteiger partial charge in [0.15, 0.2) is 0 Å². The van der Waals surface area contributed by atoms with Crippen LogP contribution in [0.15, 0.2) is 11.1 Å². The van der Waals surface area contributed by atoms with E-state index in [1.165, 1.54) is 0 Å². The van der Waals surface area contributed by atoms with E-state index in [1.807, 2.05) is 13.8 Å². The quantitative estimate of drug-likeness (QED) is 0.739. The number of aliphatic hydroxyl groups excluding tert-OH is 1. The summed E-state index contributed by atoms with van der Waals surface area (Å²) < 4.78 is 0. The maximum atomic E-state index is 11.8. The zero-order valence-electron chi connectivity index (χ0n) is 11.0. The molecule has 1 heterocycles. The summed E-state index contributed by atoms with van der Waals surface area (Å²) in [5.74, 6) is -0.396. The van der Waals surface area contributed by atoms with Gasteiger partial charge in [-0.15, -0.1) is 0 Å². The fourth-order valence-electron chi connectivity index (χ4n) is 2.15. The summed E-state index contributed by atoms with van der Waals surface area (Å²) in [5, 5.41) is 10.0. The normalized spacial score (nSPS) is 18.6. The molecule has 2 amide bonds. The molecule has 1 N–H and O–H groups in total. The number of hydrogen-bond donors (Lipinski definition) is 1. The van der Waals surface area contributed by atoms with Gasteiger partial charge in [-0.2, -0.15) is 0 Å². The monoisotopic (exact) mass is 239 g/mol. The van der Waals surface area contributed by atoms with Crippen molar-refractivity contribution in [1.82, 2.24) is 4.90 Å². The second-order valence-corrected chi connectivity index (χ2v) is 4.61. The van der Waals surface area contributed by atoms with Crippen molar-refractivity contribution in [2.45, 2.75) is 46.6 Å². The SMILES string of the molecule is CCC(CC)C(O)CN1C(=O)C(C)=C(C)C1=O. The fraction of sp³-hybridized carbons (Fsp3) is 0.692. The van der Waals surface area contributed by atoms with E-state index in [0.29, 0.717) is 11.1 Å². The van der Waals surface area contributed by atoms with Crippen LogP contribution in [0.4, 0.5) is 0 Å². The Hall–Kier alpha value is -1.16. The second kappa shape index (κ2) is 5.45. The maximum absolute atomic E-state index is 11.8. The van der Waals surface area contributed by atoms with Gasteiger partial charge in [-0.3, -0.25) is 14.5 Å². The number of amides is 2. The largest absolute Gasteiger partial charge is 0.391 e. The van der Waals surface area contributed by atoms with Crippen LogP contribution in [0.2, 0.25) is 0 Å². The molecule has 96 valence electrons. The lowest BCUT2D eigenvalue weighted by molar-refractivity contribution is -0.139. The fourth-order valence-corrected chi connectivity index (χ4v) is 2.15. The molecular weight excluding hydrogens is 218 g/mol. The van der Waals surface area contributed by atoms with E-state index >= 15 is 0 Å². The third kappa shape index (κ3) is 2.57. The van der Waals surface area contributed by atoms with Gasteiger partial charge in [-0.25, -0.2) is 0 Å². The number of hydrogen-bond acceptors (Lipinski definition) is 3. The van der Waals surface area contributed by atoms with Crippen LogP contribution in [0.5, 0.6) is 0 Å². The first-order valence-electron chi connectivity index (χ1n) is 6.15. The highest BCUT2D eigenvalue weighted by Gasteiger charge is 2.35. The zero-order valence-corrected chi connectivity index (χ0v) is 11.0. The van der Waals surface area contributed by atoms with E-state index in [0.717, 1.165) is 17.7 Å². The van der Waals surface area contributed by atoms with Crippen molar-refractivity contribution in [1.29, 1.82) is 0 Å². The van der Waals surface area contributed by atoms with Crippen molar-refractivity contribution in [2.24, 2.45) is 5.92 Å². The van der Waals surface area contributed by atoms with E-state index in [2.05, 4.69) is 0 Å². The van der Waals surface area contributed by atoms with Crippen LogP contribution in [0.25, 0.3) is 0 Å². The molecule has 0 aromatic carbocycles. The summed E-state index contributed by atoms with van der Waals surface area (Å²) >= 11 is 0. The molecule has 0 aromatic heterocycles. The van der Waals surface area contributed by atoms with E-state index in [-0.39, 0.29) is 24.3 Å². The number of imide groups is 1. The Kier molecular flexibility index (Phi) is 4.46. The molecule has 0 aliphatic carbocycles. The Balaban J connectivity index is 2.72. The second-order valence-electron chi connectivity index (χ2n) is 4.61. The van der Waals surface area contributed by atoms with Crippen molar-refractivity contribution in [3.63, 3.8) is 0 Å². The van der Waals surface area contributed by atoms with Gasteiger partial charge < -0.3 is 5.11 Å². The third-order valence-electron chi connectivity index (χ3n) is 3.66. The van der Waals surface area contributed by atoms with Crippen LogP contribution in [0.3, 0.4) is 0 Å². The Morgan fingerprint density at radius 1 is 1.06 bits per heavy atom. The number of aliphatic hydroxyl groups is 1. The summed E-state index contributed by atoms with van der Waals surface area (Å²) in [7, 11) is 0. The smallest absolute Gasteiger partial charge is 0.256 e. The molecule has 4 heteroatoms. The lowest BCUT2D eigenvalue weighted by Crippen LogP contribution is -2.40. The van der Waals surface area contributed by atoms with Crippen molar-refractivity contribution in [3.05, 3.63) is 11.1 Å². The summed E-state index contributed by atoms with van der Waals surface area (Å²) in [5.41, 5.74) is 0.985. The summed E-state index contributed by atoms with van der Waals surface area (Å²) in [6.07, 6.45) is 1.06. The Morgan fingerprint density at radius 2 is 1.47 bits per heavy atom. The molecule has 0 bridgehead atoms. The predicted octanol–water partition coefficient (Wildman–Crippen LogP) is 1.49. The third-order valence-corrected chi connectivity index (χ3v) is 3.66. The maximum Gasteiger partial charge on any atom is 0.256 e. The highest BCUT2D eigenvalue weighted by atomic mass is 16.3. The van der Waals surface area contributed by atoms with E-state index in [1.54, 1.807) is 13.8 Å². The Labute approximate surface area is 102 Å². The minimum atomic E-state index is -0.628. The first kappa shape index (κ1) is 13.9. The molecule has 0 saturated heterocycles. The van der Waals surface area contributed by atoms with Gasteiger partial charge in [0.25, 0.3) is 11.8 Å². The van der Waals surface area contributed by atoms with Crippen molar-refractivity contribution < 1.29 is 14.7 Å². The molecule has 1 atom stereocenters. The summed E-state index contributed by atoms with van der Waals surface area (Å²) in [6, 6.07) is 0. The number of carbonyl (C=O) groups is 2. The van der Waals surface area contributed by atoms with Gasteiger partial charge in [0.05, 0.1) is 12.6 Å². The number of rotatable bonds is 5. The molecule has 0 spiro atoms. The molecule has 1 unspecified atom stereocenters. The molecule has 1 aliphatic heterocycles. The molecule has 17 heavy (non-hydrogen) atoms. The van der Waals surface area contributed by atoms with Gasteiger partial charge in [0, 0.05) is 11.1 Å². The van der Waals surface area contributed by atoms with Crippen molar-refractivity contribution in [2.75, 3.05) is 6.54 Å². The highest BCUT2D eigenvalue weighted by molar-refractivity contribution is 6.18. The first-order chi connectivity index (χ1) is 7.93. The predicted molar refractivity (Wildman–Crippen MR) is 65.2 cm³/mol. The number of β-amino-alcohol motifs (C(OH)–C–C–N with tert-alkyl or cyclic N) is 1. The first-order valence-corrected chi connectivity index (χ1v) is 6.15. The zero-order chi connectivity index (χ0) is 13.2. The Morgan fingerprint density at radius 3 is 1.82 bits per heavy atom. The molecular formula is C13H21NO3. The van der Waals surface area contributed by atoms with Crippen LogP contribution >= 0.6 is 0 Å². The molecule has 0 fully saturated rings. The van der Waals surface area contributed by atoms with Crippen LogP contribution in [-0.4, -0.2) is 34.5 Å². The van der Waals surface area contributed by atoms with Gasteiger partial charge in [-0.1, -0.05) is 26.7 Å². The minimum absolute atomic E-state index is 0.110. The van der Waals surface area contributed by atoms with Crippen molar-refractivity contribution >= 4 is 11.8 Å². The minimum Gasteiger partial charge on any atom is -0.391 e. The molecule has 0 aromatic rings. The van der Waals surface area contributed by atoms with Crippen LogP contribution in [0, 0.1) is 5.92 Å². The van der Waals surface area contributed by atoms with Crippen LogP contribution < -0.4 is 0 Å². The summed E-state index contributed by atoms with van der Waals surface area (Å²) in [4.78, 5) is 24.8. The highest BCUT2D eigenvalue weighted by Crippen LogP contribution is 2.22. The Bertz CT molecular complexity index is 332. The van der Waals surface area contributed by atoms with Gasteiger partial charge in [0.2, 0.25) is 0 Å². The van der Waals surface area contributed by atoms with Gasteiger partial charge in [-0.05, 0) is 19.8 Å². The molecule has 1 aliphatic rings. The molecule has 0 radical (unpaired) electrons. The van der Waals surface area contributed by atoms with E-state index in [9.17, 15) is 14.7 Å². The van der Waals surface area contributed by atoms with Crippen LogP contribution in [0.1, 0.15) is 40.5 Å². The van der Waals surface area contributed by atoms with Gasteiger partial charge in [0.1, 0.15) is 0 Å². The van der Waals surface area contributed by atoms with E-state index in [4.69, 9.17) is 0 Å². The number of carbonyl (C=O) groups excluding carboxylic acids is 2. The van der Waals surface area contributed by atoms with Gasteiger partial charge >= 0.3 is 0 Å². The number of nitrogens with zero attached hydrogens (tertiary/aromatic N) is 1. The topological polar surface area (TPSA) is 57.6 Å². The molecule has 4 nitrogen and oxygen atoms in total. The average Bonchev–Trinajstić information content (AvgIpc) is 2.48. The average molecular weight is 239 g/mol. The molecule has 0 saturated carbocycles. The lowest BCUT2D eigenvalue weighted by Gasteiger charge is -2.24. The lowest BCUT2D eigenvalue weighted by atomic mass is 9.96. The van der Waals surface area contributed by atoms with E-state index < -0.39 is 6.10 Å². The standard InChI is InChI=1S/C13H21NO3/c1-5-10(6-2)11(15)7-14-12(16)8(3)9(4)13(14)17/h10-11,15H,5-7H2,1-4H3. The summed E-state index contributed by atoms with van der Waals surface area (Å²) in [6.45, 7) is 7.41.